The Morgan fingerprint density at radius 1 is 1.03 bits per heavy atom. The summed E-state index contributed by atoms with van der Waals surface area (Å²) in [6, 6.07) is 13.4. The third-order valence-electron chi connectivity index (χ3n) is 4.36. The number of methoxy groups -OCH3 is 1. The molecule has 9 heteroatoms. The third kappa shape index (κ3) is 4.57. The Labute approximate surface area is 168 Å². The molecule has 0 aliphatic rings. The summed E-state index contributed by atoms with van der Waals surface area (Å²) in [6.45, 7) is 2.01. The molecule has 0 bridgehead atoms. The molecule has 2 aromatic carbocycles. The van der Waals surface area contributed by atoms with E-state index >= 15 is 0 Å². The van der Waals surface area contributed by atoms with Gasteiger partial charge >= 0.3 is 5.69 Å². The molecular weight excluding hydrogens is 394 g/mol. The van der Waals surface area contributed by atoms with Gasteiger partial charge in [0.15, 0.2) is 0 Å². The van der Waals surface area contributed by atoms with Gasteiger partial charge in [0.25, 0.3) is 10.0 Å². The molecule has 1 N–H and O–H groups in total. The summed E-state index contributed by atoms with van der Waals surface area (Å²) < 4.78 is 32.1. The molecule has 0 unspecified atom stereocenters. The topological polar surface area (TPSA) is 99.4 Å². The predicted molar refractivity (Wildman–Crippen MR) is 107 cm³/mol. The van der Waals surface area contributed by atoms with Crippen LogP contribution >= 0.6 is 0 Å². The molecular formula is C20H21N3O5S. The zero-order valence-corrected chi connectivity index (χ0v) is 16.8. The zero-order valence-electron chi connectivity index (χ0n) is 16.0. The summed E-state index contributed by atoms with van der Waals surface area (Å²) in [5, 5.41) is 2.72. The third-order valence-corrected chi connectivity index (χ3v) is 6.02. The minimum Gasteiger partial charge on any atom is -0.497 e. The molecule has 1 amide bonds. The van der Waals surface area contributed by atoms with E-state index in [0.29, 0.717) is 16.3 Å². The number of nitrogens with zero attached hydrogens (tertiary/aromatic N) is 2. The summed E-state index contributed by atoms with van der Waals surface area (Å²) in [5.41, 5.74) is 1.23. The van der Waals surface area contributed by atoms with Crippen LogP contribution < -0.4 is 15.7 Å². The fraction of sp³-hybridized carbons (Fsp3) is 0.200. The van der Waals surface area contributed by atoms with Crippen LogP contribution in [0.15, 0.2) is 70.6 Å². The van der Waals surface area contributed by atoms with E-state index in [0.717, 1.165) is 21.9 Å². The van der Waals surface area contributed by atoms with Crippen LogP contribution in [0.25, 0.3) is 0 Å². The Hall–Kier alpha value is -3.33. The van der Waals surface area contributed by atoms with Gasteiger partial charge in [-0.15, -0.1) is 0 Å². The highest BCUT2D eigenvalue weighted by Gasteiger charge is 2.21. The average molecular weight is 415 g/mol. The van der Waals surface area contributed by atoms with Gasteiger partial charge in [0.2, 0.25) is 5.91 Å². The number of ether oxygens (including phenoxy) is 1. The minimum absolute atomic E-state index is 0.0537. The van der Waals surface area contributed by atoms with Gasteiger partial charge < -0.3 is 10.1 Å². The van der Waals surface area contributed by atoms with Crippen LogP contribution in [-0.4, -0.2) is 30.0 Å². The first-order valence-corrected chi connectivity index (χ1v) is 10.2. The van der Waals surface area contributed by atoms with Gasteiger partial charge in [-0.25, -0.2) is 13.2 Å². The van der Waals surface area contributed by atoms with E-state index in [1.54, 1.807) is 0 Å². The van der Waals surface area contributed by atoms with Crippen molar-refractivity contribution in [2.75, 3.05) is 7.11 Å². The van der Waals surface area contributed by atoms with Crippen molar-refractivity contribution in [1.82, 2.24) is 13.9 Å². The number of aromatic nitrogens is 2. The van der Waals surface area contributed by atoms with Crippen molar-refractivity contribution >= 4 is 15.9 Å². The van der Waals surface area contributed by atoms with E-state index < -0.39 is 21.6 Å². The van der Waals surface area contributed by atoms with Gasteiger partial charge in [-0.2, -0.15) is 3.97 Å². The van der Waals surface area contributed by atoms with Crippen molar-refractivity contribution in [3.8, 4) is 5.75 Å². The van der Waals surface area contributed by atoms with Gasteiger partial charge in [-0.05, 0) is 36.8 Å². The molecule has 29 heavy (non-hydrogen) atoms. The molecule has 0 spiro atoms. The highest BCUT2D eigenvalue weighted by molar-refractivity contribution is 7.90. The van der Waals surface area contributed by atoms with E-state index in [4.69, 9.17) is 4.74 Å². The van der Waals surface area contributed by atoms with Crippen molar-refractivity contribution in [2.24, 2.45) is 0 Å². The largest absolute Gasteiger partial charge is 0.497 e. The van der Waals surface area contributed by atoms with Crippen LogP contribution in [0.4, 0.5) is 0 Å². The Morgan fingerprint density at radius 3 is 2.31 bits per heavy atom. The maximum atomic E-state index is 12.7. The molecule has 1 heterocycles. The molecule has 3 aromatic rings. The Kier molecular flexibility index (Phi) is 5.88. The fourth-order valence-corrected chi connectivity index (χ4v) is 3.91. The number of hydrogen-bond acceptors (Lipinski definition) is 5. The number of carbonyl (C=O) groups excluding carboxylic acids is 1. The molecule has 0 fully saturated rings. The second kappa shape index (κ2) is 8.36. The van der Waals surface area contributed by atoms with Crippen LogP contribution in [0.5, 0.6) is 5.75 Å². The fourth-order valence-electron chi connectivity index (χ4n) is 2.68. The Morgan fingerprint density at radius 2 is 1.69 bits per heavy atom. The maximum absolute atomic E-state index is 12.7. The highest BCUT2D eigenvalue weighted by Crippen LogP contribution is 2.17. The molecule has 0 saturated carbocycles. The second-order valence-corrected chi connectivity index (χ2v) is 8.26. The van der Waals surface area contributed by atoms with Crippen molar-refractivity contribution in [3.05, 3.63) is 82.5 Å². The lowest BCUT2D eigenvalue weighted by Crippen LogP contribution is -2.34. The quantitative estimate of drug-likeness (QED) is 0.631. The maximum Gasteiger partial charge on any atom is 0.342 e. The van der Waals surface area contributed by atoms with Crippen LogP contribution in [-0.2, 0) is 27.9 Å². The smallest absolute Gasteiger partial charge is 0.342 e. The number of imidazole rings is 1. The molecule has 0 aliphatic heterocycles. The predicted octanol–water partition coefficient (Wildman–Crippen LogP) is 1.52. The zero-order chi connectivity index (χ0) is 21.0. The van der Waals surface area contributed by atoms with E-state index in [-0.39, 0.29) is 11.4 Å². The number of rotatable bonds is 7. The standard InChI is InChI=1S/C20H21N3O5S/c1-15-3-5-16(6-4-15)13-21-19(24)14-22-11-12-23(20(22)25)29(26,27)18-9-7-17(28-2)8-10-18/h3-12H,13-14H2,1-2H3,(H,21,24). The first-order valence-electron chi connectivity index (χ1n) is 8.81. The number of nitrogens with one attached hydrogen (secondary N) is 1. The van der Waals surface area contributed by atoms with Crippen LogP contribution in [0, 0.1) is 6.92 Å². The van der Waals surface area contributed by atoms with Gasteiger partial charge in [0.05, 0.1) is 12.0 Å². The van der Waals surface area contributed by atoms with Gasteiger partial charge in [-0.3, -0.25) is 9.36 Å². The lowest BCUT2D eigenvalue weighted by atomic mass is 10.1. The first kappa shape index (κ1) is 20.4. The first-order chi connectivity index (χ1) is 13.8. The number of amides is 1. The molecule has 0 aliphatic carbocycles. The van der Waals surface area contributed by atoms with Crippen LogP contribution in [0.3, 0.4) is 0 Å². The summed E-state index contributed by atoms with van der Waals surface area (Å²) >= 11 is 0. The molecule has 3 rings (SSSR count). The Balaban J connectivity index is 1.71. The van der Waals surface area contributed by atoms with Crippen LogP contribution in [0.1, 0.15) is 11.1 Å². The normalized spacial score (nSPS) is 11.2. The Bertz CT molecular complexity index is 1160. The summed E-state index contributed by atoms with van der Waals surface area (Å²) in [7, 11) is -2.60. The molecule has 8 nitrogen and oxygen atoms in total. The summed E-state index contributed by atoms with van der Waals surface area (Å²) in [4.78, 5) is 24.6. The van der Waals surface area contributed by atoms with Crippen molar-refractivity contribution in [2.45, 2.75) is 24.9 Å². The molecule has 0 radical (unpaired) electrons. The van der Waals surface area contributed by atoms with Crippen molar-refractivity contribution in [1.29, 1.82) is 0 Å². The monoisotopic (exact) mass is 415 g/mol. The molecule has 152 valence electrons. The average Bonchev–Trinajstić information content (AvgIpc) is 3.08. The molecule has 1 aromatic heterocycles. The number of aryl methyl sites for hydroxylation is 1. The van der Waals surface area contributed by atoms with Crippen molar-refractivity contribution in [3.63, 3.8) is 0 Å². The van der Waals surface area contributed by atoms with Gasteiger partial charge in [0, 0.05) is 18.9 Å². The second-order valence-electron chi connectivity index (χ2n) is 6.45. The lowest BCUT2D eigenvalue weighted by Gasteiger charge is -2.07. The van der Waals surface area contributed by atoms with Crippen molar-refractivity contribution < 1.29 is 17.9 Å². The summed E-state index contributed by atoms with van der Waals surface area (Å²) in [5.74, 6) is 0.103. The molecule has 0 saturated heterocycles. The van der Waals surface area contributed by atoms with E-state index in [1.807, 2.05) is 31.2 Å². The number of carbonyl (C=O) groups is 1. The minimum atomic E-state index is -4.07. The van der Waals surface area contributed by atoms with E-state index in [9.17, 15) is 18.0 Å². The van der Waals surface area contributed by atoms with Gasteiger partial charge in [-0.1, -0.05) is 29.8 Å². The lowest BCUT2D eigenvalue weighted by molar-refractivity contribution is -0.121. The SMILES string of the molecule is COc1ccc(S(=O)(=O)n2ccn(CC(=O)NCc3ccc(C)cc3)c2=O)cc1. The molecule has 0 atom stereocenters. The van der Waals surface area contributed by atoms with Crippen LogP contribution in [0.2, 0.25) is 0 Å². The summed E-state index contributed by atoms with van der Waals surface area (Å²) in [6.07, 6.45) is 2.41. The van der Waals surface area contributed by atoms with E-state index in [2.05, 4.69) is 5.32 Å². The number of benzene rings is 2. The highest BCUT2D eigenvalue weighted by atomic mass is 32.2. The van der Waals surface area contributed by atoms with E-state index in [1.165, 1.54) is 37.6 Å². The van der Waals surface area contributed by atoms with Gasteiger partial charge in [0.1, 0.15) is 12.3 Å². The number of hydrogen-bond donors (Lipinski definition) is 1.